The van der Waals surface area contributed by atoms with E-state index in [1.54, 1.807) is 24.3 Å². The van der Waals surface area contributed by atoms with E-state index in [0.717, 1.165) is 32.0 Å². The molecule has 1 N–H and O–H groups in total. The number of nitrogens with zero attached hydrogens (tertiary/aromatic N) is 4. The molecule has 1 amide bonds. The molecule has 6 nitrogen and oxygen atoms in total. The Morgan fingerprint density at radius 2 is 1.50 bits per heavy atom. The first-order valence-corrected chi connectivity index (χ1v) is 9.15. The van der Waals surface area contributed by atoms with Gasteiger partial charge in [-0.15, -0.1) is 10.2 Å². The van der Waals surface area contributed by atoms with E-state index in [0.29, 0.717) is 0 Å². The SMILES string of the molecule is O=C(Nc1ccccc1F)c1ccc(N2CCN(c3ccccc3)CC2)nn1. The van der Waals surface area contributed by atoms with Gasteiger partial charge in [0, 0.05) is 31.9 Å². The van der Waals surface area contributed by atoms with Crippen LogP contribution < -0.4 is 15.1 Å². The van der Waals surface area contributed by atoms with Crippen molar-refractivity contribution in [3.05, 3.63) is 78.2 Å². The van der Waals surface area contributed by atoms with Crippen molar-refractivity contribution in [3.63, 3.8) is 0 Å². The largest absolute Gasteiger partial charge is 0.368 e. The third-order valence-corrected chi connectivity index (χ3v) is 4.73. The van der Waals surface area contributed by atoms with Crippen LogP contribution in [0.1, 0.15) is 10.5 Å². The van der Waals surface area contributed by atoms with Crippen LogP contribution in [-0.4, -0.2) is 42.3 Å². The molecule has 1 aliphatic heterocycles. The van der Waals surface area contributed by atoms with Gasteiger partial charge in [0.05, 0.1) is 5.69 Å². The lowest BCUT2D eigenvalue weighted by Crippen LogP contribution is -2.46. The smallest absolute Gasteiger partial charge is 0.276 e. The first-order chi connectivity index (χ1) is 13.7. The molecule has 3 aromatic rings. The summed E-state index contributed by atoms with van der Waals surface area (Å²) in [5.74, 6) is -0.245. The summed E-state index contributed by atoms with van der Waals surface area (Å²) in [6.45, 7) is 3.43. The average molecular weight is 377 g/mol. The van der Waals surface area contributed by atoms with Crippen molar-refractivity contribution in [1.29, 1.82) is 0 Å². The molecule has 1 aromatic heterocycles. The maximum atomic E-state index is 13.7. The summed E-state index contributed by atoms with van der Waals surface area (Å²) in [7, 11) is 0. The van der Waals surface area contributed by atoms with Gasteiger partial charge < -0.3 is 15.1 Å². The van der Waals surface area contributed by atoms with E-state index in [2.05, 4.69) is 37.4 Å². The molecule has 0 saturated carbocycles. The standard InChI is InChI=1S/C21H20FN5O/c22-17-8-4-5-9-18(17)23-21(28)19-10-11-20(25-24-19)27-14-12-26(13-15-27)16-6-2-1-3-7-16/h1-11H,12-15H2,(H,23,28). The number of amides is 1. The van der Waals surface area contributed by atoms with Crippen molar-refractivity contribution < 1.29 is 9.18 Å². The number of anilines is 3. The zero-order valence-electron chi connectivity index (χ0n) is 15.3. The second-order valence-electron chi connectivity index (χ2n) is 6.52. The van der Waals surface area contributed by atoms with E-state index in [4.69, 9.17) is 0 Å². The van der Waals surface area contributed by atoms with E-state index < -0.39 is 11.7 Å². The van der Waals surface area contributed by atoms with Crippen molar-refractivity contribution in [3.8, 4) is 0 Å². The summed E-state index contributed by atoms with van der Waals surface area (Å²) in [5.41, 5.74) is 1.48. The molecule has 1 aliphatic rings. The highest BCUT2D eigenvalue weighted by Gasteiger charge is 2.19. The van der Waals surface area contributed by atoms with Crippen LogP contribution in [0.2, 0.25) is 0 Å². The molecule has 7 heteroatoms. The lowest BCUT2D eigenvalue weighted by atomic mass is 10.2. The first-order valence-electron chi connectivity index (χ1n) is 9.15. The molecular formula is C21H20FN5O. The number of rotatable bonds is 4. The van der Waals surface area contributed by atoms with Crippen LogP contribution >= 0.6 is 0 Å². The zero-order chi connectivity index (χ0) is 19.3. The van der Waals surface area contributed by atoms with E-state index in [9.17, 15) is 9.18 Å². The Morgan fingerprint density at radius 1 is 0.821 bits per heavy atom. The third kappa shape index (κ3) is 3.93. The number of para-hydroxylation sites is 2. The molecule has 0 bridgehead atoms. The second-order valence-corrected chi connectivity index (χ2v) is 6.52. The number of carbonyl (C=O) groups excluding carboxylic acids is 1. The maximum absolute atomic E-state index is 13.7. The van der Waals surface area contributed by atoms with Crippen molar-refractivity contribution >= 4 is 23.1 Å². The fourth-order valence-corrected chi connectivity index (χ4v) is 3.20. The summed E-state index contributed by atoms with van der Waals surface area (Å²) in [4.78, 5) is 16.7. The number of hydrogen-bond donors (Lipinski definition) is 1. The van der Waals surface area contributed by atoms with Gasteiger partial charge in [-0.2, -0.15) is 0 Å². The minimum atomic E-state index is -0.489. The Bertz CT molecular complexity index is 941. The van der Waals surface area contributed by atoms with Gasteiger partial charge in [0.2, 0.25) is 0 Å². The third-order valence-electron chi connectivity index (χ3n) is 4.73. The van der Waals surface area contributed by atoms with E-state index in [1.807, 2.05) is 18.2 Å². The molecule has 4 rings (SSSR count). The minimum absolute atomic E-state index is 0.121. The molecule has 0 radical (unpaired) electrons. The van der Waals surface area contributed by atoms with Gasteiger partial charge in [-0.3, -0.25) is 4.79 Å². The predicted molar refractivity (Wildman–Crippen MR) is 107 cm³/mol. The van der Waals surface area contributed by atoms with Crippen LogP contribution in [0.15, 0.2) is 66.7 Å². The number of halogens is 1. The number of carbonyl (C=O) groups is 1. The molecule has 142 valence electrons. The molecule has 28 heavy (non-hydrogen) atoms. The van der Waals surface area contributed by atoms with Gasteiger partial charge >= 0.3 is 0 Å². The number of aromatic nitrogens is 2. The van der Waals surface area contributed by atoms with Crippen LogP contribution in [0.5, 0.6) is 0 Å². The molecule has 1 fully saturated rings. The quantitative estimate of drug-likeness (QED) is 0.757. The lowest BCUT2D eigenvalue weighted by Gasteiger charge is -2.36. The second kappa shape index (κ2) is 8.04. The van der Waals surface area contributed by atoms with Crippen LogP contribution in [0.3, 0.4) is 0 Å². The molecule has 0 unspecified atom stereocenters. The predicted octanol–water partition coefficient (Wildman–Crippen LogP) is 3.19. The summed E-state index contributed by atoms with van der Waals surface area (Å²) >= 11 is 0. The summed E-state index contributed by atoms with van der Waals surface area (Å²) in [6.07, 6.45) is 0. The van der Waals surface area contributed by atoms with E-state index in [-0.39, 0.29) is 11.4 Å². The molecule has 1 saturated heterocycles. The summed E-state index contributed by atoms with van der Waals surface area (Å²) in [6, 6.07) is 19.7. The van der Waals surface area contributed by atoms with E-state index >= 15 is 0 Å². The van der Waals surface area contributed by atoms with Gasteiger partial charge in [0.1, 0.15) is 5.82 Å². The topological polar surface area (TPSA) is 61.4 Å². The Hall–Kier alpha value is -3.48. The van der Waals surface area contributed by atoms with Crippen molar-refractivity contribution in [2.75, 3.05) is 41.3 Å². The highest BCUT2D eigenvalue weighted by Crippen LogP contribution is 2.19. The molecule has 2 heterocycles. The average Bonchev–Trinajstić information content (AvgIpc) is 2.76. The first kappa shape index (κ1) is 17.9. The highest BCUT2D eigenvalue weighted by molar-refractivity contribution is 6.02. The molecule has 0 spiro atoms. The molecular weight excluding hydrogens is 357 g/mol. The number of piperazine rings is 1. The number of benzene rings is 2. The van der Waals surface area contributed by atoms with Gasteiger partial charge in [0.15, 0.2) is 11.5 Å². The van der Waals surface area contributed by atoms with Gasteiger partial charge in [-0.25, -0.2) is 4.39 Å². The van der Waals surface area contributed by atoms with Crippen LogP contribution in [0, 0.1) is 5.82 Å². The summed E-state index contributed by atoms with van der Waals surface area (Å²) in [5, 5.41) is 10.7. The van der Waals surface area contributed by atoms with Crippen molar-refractivity contribution in [1.82, 2.24) is 10.2 Å². The van der Waals surface area contributed by atoms with Gasteiger partial charge in [0.25, 0.3) is 5.91 Å². The van der Waals surface area contributed by atoms with Crippen LogP contribution in [-0.2, 0) is 0 Å². The molecule has 2 aromatic carbocycles. The fraction of sp³-hybridized carbons (Fsp3) is 0.190. The fourth-order valence-electron chi connectivity index (χ4n) is 3.20. The van der Waals surface area contributed by atoms with Gasteiger partial charge in [-0.05, 0) is 36.4 Å². The Labute approximate surface area is 162 Å². The maximum Gasteiger partial charge on any atom is 0.276 e. The normalized spacial score (nSPS) is 14.0. The lowest BCUT2D eigenvalue weighted by molar-refractivity contribution is 0.102. The number of nitrogens with one attached hydrogen (secondary N) is 1. The Morgan fingerprint density at radius 3 is 2.18 bits per heavy atom. The van der Waals surface area contributed by atoms with Gasteiger partial charge in [-0.1, -0.05) is 30.3 Å². The van der Waals surface area contributed by atoms with Crippen molar-refractivity contribution in [2.24, 2.45) is 0 Å². The number of hydrogen-bond acceptors (Lipinski definition) is 5. The monoisotopic (exact) mass is 377 g/mol. The molecule has 0 aliphatic carbocycles. The van der Waals surface area contributed by atoms with Crippen LogP contribution in [0.4, 0.5) is 21.6 Å². The highest BCUT2D eigenvalue weighted by atomic mass is 19.1. The minimum Gasteiger partial charge on any atom is -0.368 e. The Balaban J connectivity index is 1.37. The zero-order valence-corrected chi connectivity index (χ0v) is 15.3. The molecule has 0 atom stereocenters. The van der Waals surface area contributed by atoms with Crippen molar-refractivity contribution in [2.45, 2.75) is 0 Å². The Kier molecular flexibility index (Phi) is 5.14. The van der Waals surface area contributed by atoms with E-state index in [1.165, 1.54) is 17.8 Å². The summed E-state index contributed by atoms with van der Waals surface area (Å²) < 4.78 is 13.7. The van der Waals surface area contributed by atoms with Crippen LogP contribution in [0.25, 0.3) is 0 Å².